The van der Waals surface area contributed by atoms with Crippen molar-refractivity contribution in [3.05, 3.63) is 52.8 Å². The molecule has 2 aliphatic rings. The Labute approximate surface area is 183 Å². The molecule has 31 heavy (non-hydrogen) atoms. The third kappa shape index (κ3) is 4.52. The van der Waals surface area contributed by atoms with E-state index in [1.807, 2.05) is 13.0 Å². The Bertz CT molecular complexity index is 1060. The summed E-state index contributed by atoms with van der Waals surface area (Å²) in [5.41, 5.74) is 1.72. The molecule has 0 N–H and O–H groups in total. The lowest BCUT2D eigenvalue weighted by Gasteiger charge is -2.30. The van der Waals surface area contributed by atoms with E-state index in [4.69, 9.17) is 9.47 Å². The van der Waals surface area contributed by atoms with Crippen LogP contribution >= 0.6 is 0 Å². The molecule has 2 atom stereocenters. The smallest absolute Gasteiger partial charge is 0.264 e. The van der Waals surface area contributed by atoms with Gasteiger partial charge in [-0.1, -0.05) is 12.1 Å². The molecule has 9 heteroatoms. The Hall–Kier alpha value is -2.65. The first-order valence-electron chi connectivity index (χ1n) is 10.0. The van der Waals surface area contributed by atoms with Gasteiger partial charge in [0.2, 0.25) is 0 Å². The summed E-state index contributed by atoms with van der Waals surface area (Å²) < 4.78 is 35.7. The van der Waals surface area contributed by atoms with E-state index < -0.39 is 27.7 Å². The fraction of sp³-hybridized carbons (Fsp3) is 0.455. The standard InChI is InChI=1S/C22H28N2O6S/c1-6-30-19-12-14(10-11-18(19)29-4)17(13-31(5,27)28)24-21(25)15-8-7-9-16(23(2)3)20(15)22(24)26/h7-10,12,17-18H,6,11,13H2,1-5H3. The second-order valence-electron chi connectivity index (χ2n) is 7.83. The van der Waals surface area contributed by atoms with E-state index in [-0.39, 0.29) is 23.0 Å². The fourth-order valence-corrected chi connectivity index (χ4v) is 4.88. The maximum Gasteiger partial charge on any atom is 0.264 e. The fourth-order valence-electron chi connectivity index (χ4n) is 3.97. The second kappa shape index (κ2) is 8.84. The van der Waals surface area contributed by atoms with Gasteiger partial charge in [0.15, 0.2) is 0 Å². The highest BCUT2D eigenvalue weighted by atomic mass is 32.2. The minimum absolute atomic E-state index is 0.273. The van der Waals surface area contributed by atoms with Crippen molar-refractivity contribution in [3.63, 3.8) is 0 Å². The van der Waals surface area contributed by atoms with Gasteiger partial charge in [0, 0.05) is 33.1 Å². The molecule has 2 unspecified atom stereocenters. The number of fused-ring (bicyclic) bond motifs is 1. The lowest BCUT2D eigenvalue weighted by atomic mass is 9.97. The first-order valence-corrected chi connectivity index (χ1v) is 12.1. The quantitative estimate of drug-likeness (QED) is 0.562. The molecule has 1 aliphatic carbocycles. The van der Waals surface area contributed by atoms with Gasteiger partial charge in [-0.25, -0.2) is 8.42 Å². The lowest BCUT2D eigenvalue weighted by Crippen LogP contribution is -2.45. The topological polar surface area (TPSA) is 93.2 Å². The first-order chi connectivity index (χ1) is 14.6. The predicted octanol–water partition coefficient (Wildman–Crippen LogP) is 2.03. The second-order valence-corrected chi connectivity index (χ2v) is 10.0. The van der Waals surface area contributed by atoms with Gasteiger partial charge in [-0.2, -0.15) is 0 Å². The van der Waals surface area contributed by atoms with E-state index in [0.717, 1.165) is 11.2 Å². The van der Waals surface area contributed by atoms with Crippen LogP contribution in [0, 0.1) is 0 Å². The summed E-state index contributed by atoms with van der Waals surface area (Å²) in [6.45, 7) is 2.25. The third-order valence-electron chi connectivity index (χ3n) is 5.35. The van der Waals surface area contributed by atoms with Crippen LogP contribution in [0.3, 0.4) is 0 Å². The summed E-state index contributed by atoms with van der Waals surface area (Å²) in [4.78, 5) is 29.5. The largest absolute Gasteiger partial charge is 0.495 e. The summed E-state index contributed by atoms with van der Waals surface area (Å²) in [6.07, 6.45) is 4.74. The zero-order valence-electron chi connectivity index (χ0n) is 18.4. The number of benzene rings is 1. The Morgan fingerprint density at radius 3 is 2.52 bits per heavy atom. The molecule has 0 saturated heterocycles. The minimum Gasteiger partial charge on any atom is -0.495 e. The molecule has 0 bridgehead atoms. The van der Waals surface area contributed by atoms with Crippen molar-refractivity contribution < 1.29 is 27.5 Å². The highest BCUT2D eigenvalue weighted by Crippen LogP contribution is 2.35. The normalized spacial score (nSPS) is 19.6. The zero-order valence-corrected chi connectivity index (χ0v) is 19.2. The van der Waals surface area contributed by atoms with Crippen LogP contribution in [-0.2, 0) is 19.3 Å². The summed E-state index contributed by atoms with van der Waals surface area (Å²) in [5, 5.41) is 0. The van der Waals surface area contributed by atoms with E-state index in [0.29, 0.717) is 30.0 Å². The predicted molar refractivity (Wildman–Crippen MR) is 118 cm³/mol. The molecular weight excluding hydrogens is 420 g/mol. The van der Waals surface area contributed by atoms with Crippen LogP contribution in [0.2, 0.25) is 0 Å². The number of anilines is 1. The maximum atomic E-state index is 13.4. The SMILES string of the molecule is CCOC1=CC(C(CS(C)(=O)=O)N2C(=O)c3cccc(N(C)C)c3C2=O)=CCC1OC. The van der Waals surface area contributed by atoms with Crippen molar-refractivity contribution in [2.45, 2.75) is 25.5 Å². The third-order valence-corrected chi connectivity index (χ3v) is 6.27. The molecule has 8 nitrogen and oxygen atoms in total. The first kappa shape index (κ1) is 23.0. The number of carbonyl (C=O) groups is 2. The zero-order chi connectivity index (χ0) is 22.9. The van der Waals surface area contributed by atoms with E-state index in [9.17, 15) is 18.0 Å². The van der Waals surface area contributed by atoms with Crippen LogP contribution in [0.5, 0.6) is 0 Å². The van der Waals surface area contributed by atoms with Crippen LogP contribution in [0.15, 0.2) is 41.7 Å². The molecule has 1 aromatic carbocycles. The molecule has 2 amide bonds. The number of hydrogen-bond acceptors (Lipinski definition) is 7. The van der Waals surface area contributed by atoms with Gasteiger partial charge in [0.1, 0.15) is 21.7 Å². The molecule has 168 valence electrons. The highest BCUT2D eigenvalue weighted by molar-refractivity contribution is 7.90. The maximum absolute atomic E-state index is 13.4. The van der Waals surface area contributed by atoms with Crippen molar-refractivity contribution >= 4 is 27.3 Å². The Balaban J connectivity index is 2.09. The number of ether oxygens (including phenoxy) is 2. The number of sulfone groups is 1. The molecule has 1 heterocycles. The monoisotopic (exact) mass is 448 g/mol. The van der Waals surface area contributed by atoms with E-state index >= 15 is 0 Å². The Morgan fingerprint density at radius 1 is 1.23 bits per heavy atom. The number of hydrogen-bond donors (Lipinski definition) is 0. The van der Waals surface area contributed by atoms with Gasteiger partial charge in [-0.3, -0.25) is 14.5 Å². The van der Waals surface area contributed by atoms with Crippen LogP contribution in [0.1, 0.15) is 34.1 Å². The number of nitrogens with zero attached hydrogens (tertiary/aromatic N) is 2. The molecular formula is C22H28N2O6S. The van der Waals surface area contributed by atoms with Crippen molar-refractivity contribution in [1.29, 1.82) is 0 Å². The van der Waals surface area contributed by atoms with E-state index in [1.165, 1.54) is 0 Å². The van der Waals surface area contributed by atoms with Gasteiger partial charge >= 0.3 is 0 Å². The summed E-state index contributed by atoms with van der Waals surface area (Å²) in [6, 6.07) is 4.10. The summed E-state index contributed by atoms with van der Waals surface area (Å²) in [7, 11) is 1.62. The number of methoxy groups -OCH3 is 1. The number of amides is 2. The number of rotatable bonds is 8. The molecule has 0 radical (unpaired) electrons. The average Bonchev–Trinajstić information content (AvgIpc) is 2.96. The number of carbonyl (C=O) groups excluding carboxylic acids is 2. The van der Waals surface area contributed by atoms with E-state index in [1.54, 1.807) is 50.4 Å². The van der Waals surface area contributed by atoms with Crippen LogP contribution in [0.25, 0.3) is 0 Å². The van der Waals surface area contributed by atoms with Crippen molar-refractivity contribution in [2.75, 3.05) is 44.7 Å². The molecule has 0 saturated carbocycles. The van der Waals surface area contributed by atoms with Crippen LogP contribution < -0.4 is 4.90 Å². The van der Waals surface area contributed by atoms with Gasteiger partial charge in [-0.15, -0.1) is 0 Å². The molecule has 0 aromatic heterocycles. The van der Waals surface area contributed by atoms with E-state index in [2.05, 4.69) is 0 Å². The molecule has 0 spiro atoms. The van der Waals surface area contributed by atoms with Crippen molar-refractivity contribution in [1.82, 2.24) is 4.90 Å². The summed E-state index contributed by atoms with van der Waals surface area (Å²) >= 11 is 0. The summed E-state index contributed by atoms with van der Waals surface area (Å²) in [5.74, 6) is -0.834. The highest BCUT2D eigenvalue weighted by Gasteiger charge is 2.44. The van der Waals surface area contributed by atoms with Crippen LogP contribution in [-0.4, -0.2) is 77.1 Å². The van der Waals surface area contributed by atoms with Gasteiger partial charge in [0.05, 0.1) is 29.5 Å². The van der Waals surface area contributed by atoms with Gasteiger partial charge < -0.3 is 14.4 Å². The number of imide groups is 1. The molecule has 0 fully saturated rings. The molecule has 1 aromatic rings. The Morgan fingerprint density at radius 2 is 1.94 bits per heavy atom. The van der Waals surface area contributed by atoms with Gasteiger partial charge in [0.25, 0.3) is 11.8 Å². The molecule has 1 aliphatic heterocycles. The van der Waals surface area contributed by atoms with Gasteiger partial charge in [-0.05, 0) is 37.1 Å². The molecule has 3 rings (SSSR count). The Kier molecular flexibility index (Phi) is 6.56. The van der Waals surface area contributed by atoms with Crippen LogP contribution in [0.4, 0.5) is 5.69 Å². The average molecular weight is 449 g/mol. The minimum atomic E-state index is -3.52. The van der Waals surface area contributed by atoms with Crippen molar-refractivity contribution in [2.24, 2.45) is 0 Å². The van der Waals surface area contributed by atoms with Crippen molar-refractivity contribution in [3.8, 4) is 0 Å². The lowest BCUT2D eigenvalue weighted by molar-refractivity contribution is 0.0600.